The normalized spacial score (nSPS) is 21.4. The highest BCUT2D eigenvalue weighted by Gasteiger charge is 2.31. The zero-order valence-electron chi connectivity index (χ0n) is 9.78. The number of carbonyl (C=O) groups excluding carboxylic acids is 1. The van der Waals surface area contributed by atoms with Crippen LogP contribution in [0.1, 0.15) is 11.6 Å². The summed E-state index contributed by atoms with van der Waals surface area (Å²) < 4.78 is 36.5. The second kappa shape index (κ2) is 5.12. The molecule has 1 aromatic carbocycles. The van der Waals surface area contributed by atoms with Gasteiger partial charge in [0.15, 0.2) is 5.96 Å². The van der Waals surface area contributed by atoms with Crippen molar-refractivity contribution in [2.75, 3.05) is 7.05 Å². The molecule has 0 aromatic heterocycles. The second-order valence-electron chi connectivity index (χ2n) is 3.76. The van der Waals surface area contributed by atoms with Crippen LogP contribution in [0.3, 0.4) is 0 Å². The molecule has 0 aliphatic carbocycles. The van der Waals surface area contributed by atoms with Crippen LogP contribution in [0, 0.1) is 0 Å². The fourth-order valence-corrected chi connectivity index (χ4v) is 2.18. The smallest absolute Gasteiger partial charge is 0.340 e. The Balaban J connectivity index is 2.13. The Labute approximate surface area is 111 Å². The topological polar surface area (TPSA) is 53.5 Å². The molecular weight excluding hydrogens is 279 g/mol. The van der Waals surface area contributed by atoms with Gasteiger partial charge in [-0.25, -0.2) is 0 Å². The SMILES string of the molecule is CN=C1NC(=O)C(c2ccc(SC(F)(F)F)cc2)N1. The fourth-order valence-electron chi connectivity index (χ4n) is 1.64. The van der Waals surface area contributed by atoms with Crippen LogP contribution < -0.4 is 10.6 Å². The summed E-state index contributed by atoms with van der Waals surface area (Å²) in [5.74, 6) is 0.0700. The van der Waals surface area contributed by atoms with Crippen LogP contribution in [-0.4, -0.2) is 24.4 Å². The summed E-state index contributed by atoms with van der Waals surface area (Å²) in [4.78, 5) is 15.5. The maximum absolute atomic E-state index is 12.2. The third kappa shape index (κ3) is 3.40. The van der Waals surface area contributed by atoms with E-state index >= 15 is 0 Å². The van der Waals surface area contributed by atoms with Crippen LogP contribution in [-0.2, 0) is 4.79 Å². The minimum Gasteiger partial charge on any atom is -0.340 e. The summed E-state index contributed by atoms with van der Waals surface area (Å²) in [6, 6.07) is 5.03. The number of nitrogens with zero attached hydrogens (tertiary/aromatic N) is 1. The quantitative estimate of drug-likeness (QED) is 0.819. The second-order valence-corrected chi connectivity index (χ2v) is 4.89. The van der Waals surface area contributed by atoms with Gasteiger partial charge in [-0.15, -0.1) is 0 Å². The average molecular weight is 289 g/mol. The van der Waals surface area contributed by atoms with Crippen molar-refractivity contribution in [2.24, 2.45) is 4.99 Å². The van der Waals surface area contributed by atoms with Gasteiger partial charge in [0, 0.05) is 11.9 Å². The molecule has 1 amide bonds. The van der Waals surface area contributed by atoms with Crippen LogP contribution in [0.15, 0.2) is 34.2 Å². The van der Waals surface area contributed by atoms with Crippen LogP contribution in [0.2, 0.25) is 0 Å². The van der Waals surface area contributed by atoms with Crippen LogP contribution >= 0.6 is 11.8 Å². The van der Waals surface area contributed by atoms with Crippen molar-refractivity contribution in [2.45, 2.75) is 16.4 Å². The number of benzene rings is 1. The van der Waals surface area contributed by atoms with Crippen LogP contribution in [0.4, 0.5) is 13.2 Å². The van der Waals surface area contributed by atoms with E-state index in [0.29, 0.717) is 11.5 Å². The Hall–Kier alpha value is -1.70. The first-order chi connectivity index (χ1) is 8.89. The summed E-state index contributed by atoms with van der Waals surface area (Å²) >= 11 is -0.187. The van der Waals surface area contributed by atoms with E-state index in [1.807, 2.05) is 0 Å². The lowest BCUT2D eigenvalue weighted by atomic mass is 10.1. The molecule has 1 aliphatic rings. The van der Waals surface area contributed by atoms with Crippen molar-refractivity contribution in [3.8, 4) is 0 Å². The van der Waals surface area contributed by atoms with E-state index < -0.39 is 11.6 Å². The first-order valence-corrected chi connectivity index (χ1v) is 6.10. The van der Waals surface area contributed by atoms with Gasteiger partial charge in [-0.1, -0.05) is 12.1 Å². The lowest BCUT2D eigenvalue weighted by Gasteiger charge is -2.10. The van der Waals surface area contributed by atoms with Crippen molar-refractivity contribution in [1.82, 2.24) is 10.6 Å². The Morgan fingerprint density at radius 3 is 2.37 bits per heavy atom. The number of halogens is 3. The van der Waals surface area contributed by atoms with Gasteiger partial charge in [-0.05, 0) is 29.5 Å². The zero-order chi connectivity index (χ0) is 14.0. The number of guanidine groups is 1. The van der Waals surface area contributed by atoms with E-state index in [0.717, 1.165) is 0 Å². The number of hydrogen-bond acceptors (Lipinski definition) is 3. The van der Waals surface area contributed by atoms with Gasteiger partial charge in [-0.2, -0.15) is 13.2 Å². The fraction of sp³-hybridized carbons (Fsp3) is 0.273. The number of rotatable bonds is 2. The van der Waals surface area contributed by atoms with Gasteiger partial charge in [0.1, 0.15) is 6.04 Å². The highest BCUT2D eigenvalue weighted by atomic mass is 32.2. The van der Waals surface area contributed by atoms with Gasteiger partial charge in [0.05, 0.1) is 0 Å². The molecule has 2 N–H and O–H groups in total. The minimum atomic E-state index is -4.31. The van der Waals surface area contributed by atoms with Crippen molar-refractivity contribution in [1.29, 1.82) is 0 Å². The van der Waals surface area contributed by atoms with E-state index in [2.05, 4.69) is 15.6 Å². The van der Waals surface area contributed by atoms with Gasteiger partial charge in [0.25, 0.3) is 5.91 Å². The van der Waals surface area contributed by atoms with Gasteiger partial charge in [0.2, 0.25) is 0 Å². The minimum absolute atomic E-state index is 0.0824. The predicted molar refractivity (Wildman–Crippen MR) is 65.7 cm³/mol. The van der Waals surface area contributed by atoms with Crippen LogP contribution in [0.5, 0.6) is 0 Å². The molecule has 0 bridgehead atoms. The summed E-state index contributed by atoms with van der Waals surface area (Å²) in [6.45, 7) is 0. The largest absolute Gasteiger partial charge is 0.446 e. The van der Waals surface area contributed by atoms with Crippen molar-refractivity contribution in [3.05, 3.63) is 29.8 Å². The lowest BCUT2D eigenvalue weighted by molar-refractivity contribution is -0.120. The maximum Gasteiger partial charge on any atom is 0.446 e. The molecule has 1 aromatic rings. The monoisotopic (exact) mass is 289 g/mol. The first kappa shape index (κ1) is 13.7. The number of alkyl halides is 3. The summed E-state index contributed by atoms with van der Waals surface area (Å²) in [7, 11) is 1.52. The Bertz CT molecular complexity index is 513. The Morgan fingerprint density at radius 1 is 1.26 bits per heavy atom. The number of carbonyl (C=O) groups is 1. The zero-order valence-corrected chi connectivity index (χ0v) is 10.6. The molecule has 0 saturated carbocycles. The molecule has 1 unspecified atom stereocenters. The maximum atomic E-state index is 12.2. The molecule has 1 saturated heterocycles. The number of aliphatic imine (C=N–C) groups is 1. The van der Waals surface area contributed by atoms with E-state index in [9.17, 15) is 18.0 Å². The highest BCUT2D eigenvalue weighted by Crippen LogP contribution is 2.37. The molecule has 102 valence electrons. The molecule has 2 rings (SSSR count). The Morgan fingerprint density at radius 2 is 1.89 bits per heavy atom. The predicted octanol–water partition coefficient (Wildman–Crippen LogP) is 2.04. The Kier molecular flexibility index (Phi) is 3.70. The van der Waals surface area contributed by atoms with E-state index in [1.54, 1.807) is 0 Å². The number of nitrogens with one attached hydrogen (secondary N) is 2. The molecule has 1 fully saturated rings. The molecule has 1 heterocycles. The average Bonchev–Trinajstić information content (AvgIpc) is 2.70. The van der Waals surface area contributed by atoms with Crippen molar-refractivity contribution >= 4 is 23.6 Å². The van der Waals surface area contributed by atoms with Crippen LogP contribution in [0.25, 0.3) is 0 Å². The van der Waals surface area contributed by atoms with Gasteiger partial charge in [-0.3, -0.25) is 15.1 Å². The summed E-state index contributed by atoms with van der Waals surface area (Å²) in [5, 5.41) is 5.35. The van der Waals surface area contributed by atoms with E-state index in [-0.39, 0.29) is 22.6 Å². The molecule has 0 radical (unpaired) electrons. The van der Waals surface area contributed by atoms with E-state index in [4.69, 9.17) is 0 Å². The van der Waals surface area contributed by atoms with Gasteiger partial charge >= 0.3 is 5.51 Å². The lowest BCUT2D eigenvalue weighted by Crippen LogP contribution is -2.24. The third-order valence-corrected chi connectivity index (χ3v) is 3.19. The number of thioether (sulfide) groups is 1. The van der Waals surface area contributed by atoms with E-state index in [1.165, 1.54) is 31.3 Å². The molecule has 8 heteroatoms. The molecule has 4 nitrogen and oxygen atoms in total. The molecule has 0 spiro atoms. The summed E-state index contributed by atoms with van der Waals surface area (Å²) in [6.07, 6.45) is 0. The van der Waals surface area contributed by atoms with Crippen molar-refractivity contribution < 1.29 is 18.0 Å². The summed E-state index contributed by atoms with van der Waals surface area (Å²) in [5.41, 5.74) is -3.73. The first-order valence-electron chi connectivity index (χ1n) is 5.29. The number of amides is 1. The molecule has 19 heavy (non-hydrogen) atoms. The standard InChI is InChI=1S/C11H10F3N3OS/c1-15-10-16-8(9(18)17-10)6-2-4-7(5-3-6)19-11(12,13)14/h2-5,8H,1H3,(H2,15,16,17,18). The third-order valence-electron chi connectivity index (χ3n) is 2.46. The number of hydrogen-bond donors (Lipinski definition) is 2. The van der Waals surface area contributed by atoms with Crippen molar-refractivity contribution in [3.63, 3.8) is 0 Å². The molecule has 1 aliphatic heterocycles. The highest BCUT2D eigenvalue weighted by molar-refractivity contribution is 8.00. The van der Waals surface area contributed by atoms with Gasteiger partial charge < -0.3 is 5.32 Å². The molecular formula is C11H10F3N3OS. The molecule has 1 atom stereocenters.